The first kappa shape index (κ1) is 96.5. The molecule has 0 aliphatic carbocycles. The van der Waals surface area contributed by atoms with Gasteiger partial charge in [-0.05, 0) is 0 Å². The highest BCUT2D eigenvalue weighted by Crippen LogP contribution is 2.43. The van der Waals surface area contributed by atoms with Gasteiger partial charge in [0.2, 0.25) is 30.0 Å². The van der Waals surface area contributed by atoms with Gasteiger partial charge >= 0.3 is 17.9 Å². The SMILES string of the molecule is CC(=O)N[C@H]1[C@H](O[C@@H]2[C@H](O)[C@@H](O)[C@H](O[C@H]3[C@H](O)[C@@H](O)[C@H](OC[C@@H](CO)NC=O)O[C@@H]3CO)O[C@@H]2CO)O[C@H](CO[C@]2(C(=O)O)C[C@H](O)[C@@H](NC(C)=O)[C@H]([C@H](O)[C@@H](CO)O[C@]3(C(=O)O)C[C@H](O)[C@@H](NC(C)=O)[C@H]([C@H](O)[C@H](O)CO)O3)O2)[C@H](O)[C@@H]1O[C@@H]1O[C@H](CO)[C@H](O)[C@H](O[C@]2(C(=O)O)C[C@H](O)[C@@H](NC(C)=O)[C@H]([C@H](O)[C@H](O)CO)O2)[C@H]1O. The summed E-state index contributed by atoms with van der Waals surface area (Å²) in [4.78, 5) is 103. The van der Waals surface area contributed by atoms with Gasteiger partial charge in [-0.15, -0.1) is 0 Å². The van der Waals surface area contributed by atoms with Gasteiger partial charge in [-0.3, -0.25) is 24.0 Å². The lowest BCUT2D eigenvalue weighted by molar-refractivity contribution is -0.391. The third kappa shape index (κ3) is 21.9. The van der Waals surface area contributed by atoms with E-state index >= 15 is 0 Å². The number of carbonyl (C=O) groups is 8. The minimum Gasteiger partial charge on any atom is -0.477 e. The lowest BCUT2D eigenvalue weighted by atomic mass is 9.87. The molecule has 0 spiro atoms. The fraction of sp³-hybridized carbons (Fsp3) is 0.873. The second-order valence-electron chi connectivity index (χ2n) is 28.3. The number of hydrogen-bond acceptors (Lipinski definition) is 44. The van der Waals surface area contributed by atoms with E-state index in [0.29, 0.717) is 0 Å². The summed E-state index contributed by atoms with van der Waals surface area (Å²) in [7, 11) is 0. The van der Waals surface area contributed by atoms with Gasteiger partial charge in [-0.25, -0.2) is 14.4 Å². The number of carbonyl (C=O) groups excluding carboxylic acids is 5. The summed E-state index contributed by atoms with van der Waals surface area (Å²) in [5.74, 6) is -21.2. The third-order valence-electron chi connectivity index (χ3n) is 20.1. The van der Waals surface area contributed by atoms with Crippen LogP contribution in [0.4, 0.5) is 0 Å². The predicted molar refractivity (Wildman–Crippen MR) is 354 cm³/mol. The monoisotopic (exact) mass is 1680 g/mol. The number of aliphatic hydroxyl groups excluding tert-OH is 22. The first-order valence-electron chi connectivity index (χ1n) is 35.7. The Labute approximate surface area is 649 Å². The van der Waals surface area contributed by atoms with Crippen molar-refractivity contribution in [3.8, 4) is 0 Å². The van der Waals surface area contributed by atoms with E-state index in [1.165, 1.54) is 0 Å². The Balaban J connectivity index is 1.28. The molecule has 7 aliphatic heterocycles. The predicted octanol–water partition coefficient (Wildman–Crippen LogP) is -19.0. The molecule has 7 aliphatic rings. The Hall–Kier alpha value is -5.68. The van der Waals surface area contributed by atoms with Crippen LogP contribution < -0.4 is 26.6 Å². The van der Waals surface area contributed by atoms with Crippen molar-refractivity contribution < 1.29 is 232 Å². The number of aliphatic carboxylic acids is 3. The van der Waals surface area contributed by atoms with E-state index in [4.69, 9.17) is 66.3 Å². The Morgan fingerprint density at radius 3 is 1.25 bits per heavy atom. The van der Waals surface area contributed by atoms with Crippen LogP contribution in [0, 0.1) is 0 Å². The second kappa shape index (κ2) is 41.5. The number of rotatable bonds is 38. The average molecular weight is 1680 g/mol. The molecule has 0 aromatic heterocycles. The van der Waals surface area contributed by atoms with E-state index in [1.54, 1.807) is 0 Å². The average Bonchev–Trinajstić information content (AvgIpc) is 0.757. The van der Waals surface area contributed by atoms with Crippen LogP contribution in [0.15, 0.2) is 0 Å². The molecule has 7 heterocycles. The van der Waals surface area contributed by atoms with E-state index in [2.05, 4.69) is 26.6 Å². The van der Waals surface area contributed by atoms with Crippen molar-refractivity contribution in [2.45, 2.75) is 284 Å². The molecule has 7 saturated heterocycles. The number of hydrogen-bond donors (Lipinski definition) is 30. The smallest absolute Gasteiger partial charge is 0.364 e. The molecular weight excluding hydrogens is 1580 g/mol. The molecule has 5 amide bonds. The third-order valence-corrected chi connectivity index (χ3v) is 20.1. The first-order chi connectivity index (χ1) is 54.0. The lowest BCUT2D eigenvalue weighted by Crippen LogP contribution is -2.72. The second-order valence-corrected chi connectivity index (χ2v) is 28.3. The highest BCUT2D eigenvalue weighted by Gasteiger charge is 2.65. The number of nitrogens with one attached hydrogen (secondary N) is 5. The molecule has 52 heteroatoms. The quantitative estimate of drug-likeness (QED) is 0.0255. The number of carboxylic acids is 3. The molecular formula is C63H103N5O47. The fourth-order valence-corrected chi connectivity index (χ4v) is 14.2. The van der Waals surface area contributed by atoms with Crippen LogP contribution in [-0.2, 0) is 105 Å². The fourth-order valence-electron chi connectivity index (χ4n) is 14.2. The van der Waals surface area contributed by atoms with Crippen LogP contribution in [0.3, 0.4) is 0 Å². The van der Waals surface area contributed by atoms with Crippen molar-refractivity contribution in [3.05, 3.63) is 0 Å². The van der Waals surface area contributed by atoms with Gasteiger partial charge in [-0.1, -0.05) is 0 Å². The molecule has 39 atom stereocenters. The molecule has 0 aromatic carbocycles. The number of ether oxygens (including phenoxy) is 14. The summed E-state index contributed by atoms with van der Waals surface area (Å²) < 4.78 is 81.3. The van der Waals surface area contributed by atoms with Gasteiger partial charge in [0, 0.05) is 47.0 Å². The van der Waals surface area contributed by atoms with Gasteiger partial charge in [-0.2, -0.15) is 0 Å². The largest absolute Gasteiger partial charge is 0.477 e. The molecule has 7 fully saturated rings. The van der Waals surface area contributed by atoms with Crippen LogP contribution in [0.25, 0.3) is 0 Å². The van der Waals surface area contributed by atoms with Crippen molar-refractivity contribution in [2.75, 3.05) is 59.5 Å². The summed E-state index contributed by atoms with van der Waals surface area (Å²) in [6.45, 7) is -7.12. The molecule has 52 nitrogen and oxygen atoms in total. The molecule has 662 valence electrons. The maximum atomic E-state index is 13.9. The highest BCUT2D eigenvalue weighted by molar-refractivity contribution is 5.78. The molecule has 30 N–H and O–H groups in total. The standard InChI is InChI=1S/C63H103N5O47/c1-18(77)65-33-24(82)6-62(59(98)99,113-50(33)37(86)26(84)9-70)111-29(12-73)40(89)52-35(67-20(3)79)23(81)5-61(112-52,58(96)97)103-16-32-41(90)49(110-57-46(95)53(39(88)28(11-72)104-57)115-63(60(100)101)7-25(83)34(66-19(2)78)51(114-63)38(87)27(85)10-71)36(68-21(4)80)54(107-32)108-47-31(14-75)106-56(45(94)43(47)92)109-48-30(13-74)105-55(44(93)42(48)91)102-15-22(8-69)64-17-76/h17,22-57,69-75,81-95H,5-16H2,1-4H3,(H,64,76)(H,65,77)(H,66,78)(H,67,79)(H,68,80)(H,96,97)(H,98,99)(H,100,101)/t22-,23+,24+,25+,26-,27-,28-,29-,30-,31-,32-,33-,34-,35-,36-,37-,38-,39+,40-,41+,42-,43-,44-,45-,46-,47+,48-,49-,50-,51-,52-,53+,54+,55-,56+,57+,61-,62-,63+/m1/s1. The highest BCUT2D eigenvalue weighted by atomic mass is 16.8. The van der Waals surface area contributed by atoms with Crippen molar-refractivity contribution in [3.63, 3.8) is 0 Å². The van der Waals surface area contributed by atoms with Crippen molar-refractivity contribution in [2.24, 2.45) is 0 Å². The molecule has 0 radical (unpaired) electrons. The van der Waals surface area contributed by atoms with Gasteiger partial charge in [0.25, 0.3) is 17.4 Å². The van der Waals surface area contributed by atoms with E-state index in [9.17, 15) is 166 Å². The first-order valence-corrected chi connectivity index (χ1v) is 35.7. The number of aliphatic hydroxyl groups is 22. The number of amides is 5. The summed E-state index contributed by atoms with van der Waals surface area (Å²) in [5, 5.41) is 288. The van der Waals surface area contributed by atoms with Crippen LogP contribution in [-0.4, -0.2) is 473 Å². The summed E-state index contributed by atoms with van der Waals surface area (Å²) in [5.41, 5.74) is 0. The summed E-state index contributed by atoms with van der Waals surface area (Å²) >= 11 is 0. The Morgan fingerprint density at radius 1 is 0.426 bits per heavy atom. The van der Waals surface area contributed by atoms with Crippen LogP contribution >= 0.6 is 0 Å². The van der Waals surface area contributed by atoms with E-state index < -0.39 is 358 Å². The minimum absolute atomic E-state index is 0.213. The lowest BCUT2D eigenvalue weighted by Gasteiger charge is -2.52. The maximum absolute atomic E-state index is 13.9. The summed E-state index contributed by atoms with van der Waals surface area (Å²) in [6.07, 6.45) is -76.0. The molecule has 0 bridgehead atoms. The maximum Gasteiger partial charge on any atom is 0.364 e. The normalized spacial score (nSPS) is 41.7. The topological polar surface area (TPSA) is 832 Å². The zero-order valence-electron chi connectivity index (χ0n) is 61.5. The van der Waals surface area contributed by atoms with Gasteiger partial charge < -0.3 is 221 Å². The minimum atomic E-state index is -3.53. The van der Waals surface area contributed by atoms with Crippen LogP contribution in [0.5, 0.6) is 0 Å². The van der Waals surface area contributed by atoms with Gasteiger partial charge in [0.1, 0.15) is 153 Å². The molecule has 0 saturated carbocycles. The Morgan fingerprint density at radius 2 is 0.809 bits per heavy atom. The van der Waals surface area contributed by atoms with Gasteiger partial charge in [0.15, 0.2) is 25.2 Å². The van der Waals surface area contributed by atoms with Crippen molar-refractivity contribution in [1.82, 2.24) is 26.6 Å². The zero-order valence-corrected chi connectivity index (χ0v) is 61.5. The number of carboxylic acid groups (broad SMARTS) is 3. The van der Waals surface area contributed by atoms with E-state index in [1.807, 2.05) is 0 Å². The molecule has 0 unspecified atom stereocenters. The molecule has 7 rings (SSSR count). The van der Waals surface area contributed by atoms with Gasteiger partial charge in [0.05, 0.1) is 102 Å². The Bertz CT molecular complexity index is 3200. The summed E-state index contributed by atoms with van der Waals surface area (Å²) in [6, 6.07) is -9.06. The van der Waals surface area contributed by atoms with Crippen LogP contribution in [0.2, 0.25) is 0 Å². The van der Waals surface area contributed by atoms with Crippen molar-refractivity contribution in [1.29, 1.82) is 0 Å². The molecule has 0 aromatic rings. The van der Waals surface area contributed by atoms with E-state index in [0.717, 1.165) is 27.7 Å². The molecule has 115 heavy (non-hydrogen) atoms. The van der Waals surface area contributed by atoms with Crippen LogP contribution in [0.1, 0.15) is 47.0 Å². The van der Waals surface area contributed by atoms with E-state index in [-0.39, 0.29) is 6.41 Å². The van der Waals surface area contributed by atoms with Crippen molar-refractivity contribution >= 4 is 47.9 Å². The zero-order chi connectivity index (χ0) is 86.0. The Kier molecular flexibility index (Phi) is 34.8.